The molecule has 0 saturated heterocycles. The summed E-state index contributed by atoms with van der Waals surface area (Å²) in [5, 5.41) is 9.95. The minimum Gasteiger partial charge on any atom is -0.309 e. The van der Waals surface area contributed by atoms with Crippen LogP contribution in [-0.2, 0) is 0 Å². The van der Waals surface area contributed by atoms with E-state index in [1.807, 2.05) is 60.7 Å². The molecule has 12 aromatic rings. The van der Waals surface area contributed by atoms with Crippen LogP contribution in [0.15, 0.2) is 218 Å². The highest BCUT2D eigenvalue weighted by molar-refractivity contribution is 6.29. The van der Waals surface area contributed by atoms with E-state index in [-0.39, 0.29) is 0 Å². The lowest BCUT2D eigenvalue weighted by atomic mass is 9.88. The first kappa shape index (κ1) is 34.8. The van der Waals surface area contributed by atoms with Gasteiger partial charge in [-0.1, -0.05) is 182 Å². The second kappa shape index (κ2) is 14.3. The zero-order chi connectivity index (χ0) is 40.3. The molecule has 0 fully saturated rings. The Morgan fingerprint density at radius 2 is 0.705 bits per heavy atom. The molecular formula is C57H36N4. The van der Waals surface area contributed by atoms with Crippen LogP contribution in [0.2, 0.25) is 0 Å². The number of nitrogens with zero attached hydrogens (tertiary/aromatic N) is 4. The summed E-state index contributed by atoms with van der Waals surface area (Å²) in [4.78, 5) is 14.9. The minimum absolute atomic E-state index is 0.643. The molecule has 0 atom stereocenters. The molecule has 2 aromatic heterocycles. The van der Waals surface area contributed by atoms with Crippen molar-refractivity contribution in [2.75, 3.05) is 0 Å². The lowest BCUT2D eigenvalue weighted by molar-refractivity contribution is 1.07. The number of hydrogen-bond acceptors (Lipinski definition) is 3. The van der Waals surface area contributed by atoms with Gasteiger partial charge >= 0.3 is 0 Å². The van der Waals surface area contributed by atoms with Crippen molar-refractivity contribution in [1.29, 1.82) is 0 Å². The summed E-state index contributed by atoms with van der Waals surface area (Å²) in [6.45, 7) is 0. The Morgan fingerprint density at radius 3 is 1.36 bits per heavy atom. The summed E-state index contributed by atoms with van der Waals surface area (Å²) in [5.41, 5.74) is 11.1. The third-order valence-electron chi connectivity index (χ3n) is 12.0. The number of hydrogen-bond donors (Lipinski definition) is 0. The summed E-state index contributed by atoms with van der Waals surface area (Å²) < 4.78 is 2.37. The first-order chi connectivity index (χ1) is 30.2. The van der Waals surface area contributed by atoms with Gasteiger partial charge < -0.3 is 4.57 Å². The largest absolute Gasteiger partial charge is 0.309 e. The molecule has 0 N–H and O–H groups in total. The molecule has 61 heavy (non-hydrogen) atoms. The van der Waals surface area contributed by atoms with Crippen molar-refractivity contribution < 1.29 is 0 Å². The van der Waals surface area contributed by atoms with Crippen LogP contribution in [0.5, 0.6) is 0 Å². The SMILES string of the molecule is c1ccc(-c2nc(-c3ccccc3)nc(-c3ccc(-c4cccc5c6ccccc6c6cc(-c7ccc8c(c7)c7ccccc7n8-c7ccccc7)ccc6c45)cc3)n2)cc1. The van der Waals surface area contributed by atoms with Gasteiger partial charge in [-0.25, -0.2) is 15.0 Å². The Hall–Kier alpha value is -8.21. The molecule has 0 aliphatic carbocycles. The van der Waals surface area contributed by atoms with Gasteiger partial charge in [-0.05, 0) is 91.0 Å². The highest BCUT2D eigenvalue weighted by atomic mass is 15.0. The molecule has 4 nitrogen and oxygen atoms in total. The van der Waals surface area contributed by atoms with Gasteiger partial charge in [0.2, 0.25) is 0 Å². The van der Waals surface area contributed by atoms with E-state index in [1.54, 1.807) is 0 Å². The van der Waals surface area contributed by atoms with Crippen molar-refractivity contribution in [3.8, 4) is 62.1 Å². The topological polar surface area (TPSA) is 43.6 Å². The smallest absolute Gasteiger partial charge is 0.164 e. The fourth-order valence-corrected chi connectivity index (χ4v) is 9.17. The van der Waals surface area contributed by atoms with Gasteiger partial charge in [0, 0.05) is 33.2 Å². The van der Waals surface area contributed by atoms with Crippen LogP contribution in [0, 0.1) is 0 Å². The van der Waals surface area contributed by atoms with Crippen molar-refractivity contribution in [3.63, 3.8) is 0 Å². The average molecular weight is 777 g/mol. The van der Waals surface area contributed by atoms with Gasteiger partial charge in [-0.15, -0.1) is 0 Å². The van der Waals surface area contributed by atoms with Crippen molar-refractivity contribution >= 4 is 54.1 Å². The number of benzene rings is 10. The minimum atomic E-state index is 0.643. The zero-order valence-corrected chi connectivity index (χ0v) is 33.1. The van der Waals surface area contributed by atoms with Gasteiger partial charge in [0.05, 0.1) is 11.0 Å². The maximum atomic E-state index is 4.98. The van der Waals surface area contributed by atoms with Crippen LogP contribution in [-0.4, -0.2) is 19.5 Å². The fraction of sp³-hybridized carbons (Fsp3) is 0. The summed E-state index contributed by atoms with van der Waals surface area (Å²) in [5.74, 6) is 1.95. The summed E-state index contributed by atoms with van der Waals surface area (Å²) in [7, 11) is 0. The maximum absolute atomic E-state index is 4.98. The molecule has 0 aliphatic heterocycles. The van der Waals surface area contributed by atoms with E-state index in [9.17, 15) is 0 Å². The molecule has 10 aromatic carbocycles. The van der Waals surface area contributed by atoms with E-state index in [1.165, 1.54) is 70.8 Å². The van der Waals surface area contributed by atoms with Gasteiger partial charge in [-0.2, -0.15) is 0 Å². The molecule has 0 saturated carbocycles. The molecule has 2 heterocycles. The van der Waals surface area contributed by atoms with Crippen LogP contribution in [0.3, 0.4) is 0 Å². The molecule has 0 spiro atoms. The van der Waals surface area contributed by atoms with Crippen LogP contribution < -0.4 is 0 Å². The van der Waals surface area contributed by atoms with E-state index in [4.69, 9.17) is 15.0 Å². The standard InChI is InChI=1S/C57H36N4/c1-4-15-38(16-5-1)55-58-56(39-17-6-2-7-18-39)60-57(59-55)40-29-27-37(28-30-40)44-24-14-25-48-45-21-10-11-22-46(45)50-35-41(31-33-49(50)54(44)48)42-32-34-53-51(36-42)47-23-12-13-26-52(47)61(53)43-19-8-3-9-20-43/h1-36H. The number of para-hydroxylation sites is 2. The van der Waals surface area contributed by atoms with Crippen molar-refractivity contribution in [2.45, 2.75) is 0 Å². The second-order valence-corrected chi connectivity index (χ2v) is 15.6. The van der Waals surface area contributed by atoms with Crippen LogP contribution in [0.4, 0.5) is 0 Å². The molecule has 0 unspecified atom stereocenters. The van der Waals surface area contributed by atoms with Gasteiger partial charge in [0.1, 0.15) is 0 Å². The molecule has 0 bridgehead atoms. The number of aromatic nitrogens is 4. The third kappa shape index (κ3) is 5.88. The molecule has 4 heteroatoms. The first-order valence-electron chi connectivity index (χ1n) is 20.7. The Morgan fingerprint density at radius 1 is 0.262 bits per heavy atom. The van der Waals surface area contributed by atoms with Gasteiger partial charge in [0.25, 0.3) is 0 Å². The molecule has 0 radical (unpaired) electrons. The van der Waals surface area contributed by atoms with Crippen molar-refractivity contribution in [1.82, 2.24) is 19.5 Å². The highest BCUT2D eigenvalue weighted by Crippen LogP contribution is 2.43. The molecule has 0 aliphatic rings. The predicted octanol–water partition coefficient (Wildman–Crippen LogP) is 14.8. The Labute approximate surface area is 352 Å². The average Bonchev–Trinajstić information content (AvgIpc) is 3.68. The quantitative estimate of drug-likeness (QED) is 0.158. The molecule has 284 valence electrons. The molecular weight excluding hydrogens is 741 g/mol. The van der Waals surface area contributed by atoms with Crippen molar-refractivity contribution in [2.24, 2.45) is 0 Å². The predicted molar refractivity (Wildman–Crippen MR) is 254 cm³/mol. The number of fused-ring (bicyclic) bond motifs is 9. The normalized spacial score (nSPS) is 11.6. The number of rotatable bonds is 6. The molecule has 12 rings (SSSR count). The molecule has 0 amide bonds. The van der Waals surface area contributed by atoms with Crippen molar-refractivity contribution in [3.05, 3.63) is 218 Å². The zero-order valence-electron chi connectivity index (χ0n) is 33.1. The summed E-state index contributed by atoms with van der Waals surface area (Å²) >= 11 is 0. The first-order valence-corrected chi connectivity index (χ1v) is 20.7. The summed E-state index contributed by atoms with van der Waals surface area (Å²) in [6, 6.07) is 77.7. The summed E-state index contributed by atoms with van der Waals surface area (Å²) in [6.07, 6.45) is 0. The Balaban J connectivity index is 0.993. The Kier molecular flexibility index (Phi) is 8.13. The second-order valence-electron chi connectivity index (χ2n) is 15.6. The van der Waals surface area contributed by atoms with Crippen LogP contribution in [0.1, 0.15) is 0 Å². The van der Waals surface area contributed by atoms with Gasteiger partial charge in [-0.3, -0.25) is 0 Å². The van der Waals surface area contributed by atoms with E-state index in [0.717, 1.165) is 27.9 Å². The van der Waals surface area contributed by atoms with Gasteiger partial charge in [0.15, 0.2) is 17.5 Å². The van der Waals surface area contributed by atoms with E-state index in [0.29, 0.717) is 17.5 Å². The van der Waals surface area contributed by atoms with E-state index < -0.39 is 0 Å². The fourth-order valence-electron chi connectivity index (χ4n) is 9.17. The van der Waals surface area contributed by atoms with Crippen LogP contribution in [0.25, 0.3) is 116 Å². The lowest BCUT2D eigenvalue weighted by Crippen LogP contribution is -2.00. The third-order valence-corrected chi connectivity index (χ3v) is 12.0. The monoisotopic (exact) mass is 776 g/mol. The highest BCUT2D eigenvalue weighted by Gasteiger charge is 2.17. The van der Waals surface area contributed by atoms with Crippen LogP contribution >= 0.6 is 0 Å². The lowest BCUT2D eigenvalue weighted by Gasteiger charge is -2.16. The van der Waals surface area contributed by atoms with E-state index in [2.05, 4.69) is 162 Å². The van der Waals surface area contributed by atoms with E-state index >= 15 is 0 Å². The maximum Gasteiger partial charge on any atom is 0.164 e. The Bertz CT molecular complexity index is 3560.